The van der Waals surface area contributed by atoms with Gasteiger partial charge in [-0.2, -0.15) is 0 Å². The van der Waals surface area contributed by atoms with E-state index in [4.69, 9.17) is 32.2 Å². The average molecular weight is 1020 g/mol. The van der Waals surface area contributed by atoms with Crippen LogP contribution in [0.3, 0.4) is 0 Å². The number of nitrogens with zero attached hydrogens (tertiary/aromatic N) is 8. The highest BCUT2D eigenvalue weighted by molar-refractivity contribution is 9.10. The Hall–Kier alpha value is -4.67. The minimum absolute atomic E-state index is 0. The third-order valence-electron chi connectivity index (χ3n) is 11.3. The van der Waals surface area contributed by atoms with Crippen LogP contribution in [0.1, 0.15) is 73.7 Å². The molecule has 22 heteroatoms. The van der Waals surface area contributed by atoms with Crippen LogP contribution in [-0.2, 0) is 58.2 Å². The zero-order valence-corrected chi connectivity index (χ0v) is 40.6. The van der Waals surface area contributed by atoms with E-state index < -0.39 is 29.8 Å². The number of ether oxygens (including phenoxy) is 2. The predicted octanol–water partition coefficient (Wildman–Crippen LogP) is 3.59. The van der Waals surface area contributed by atoms with Gasteiger partial charge in [-0.25, -0.2) is 24.4 Å². The fraction of sp³-hybridized carbons (Fsp3) is 0.523. The number of halogens is 3. The second-order valence-corrected chi connectivity index (χ2v) is 18.3. The summed E-state index contributed by atoms with van der Waals surface area (Å²) in [5, 5.41) is 25.3. The molecule has 4 aliphatic rings. The van der Waals surface area contributed by atoms with Crippen molar-refractivity contribution in [2.45, 2.75) is 96.5 Å². The van der Waals surface area contributed by atoms with Crippen LogP contribution in [-0.4, -0.2) is 143 Å². The number of piperazine rings is 2. The number of fused-ring (bicyclic) bond motifs is 3. The van der Waals surface area contributed by atoms with Crippen molar-refractivity contribution in [2.75, 3.05) is 52.4 Å². The van der Waals surface area contributed by atoms with E-state index in [1.807, 2.05) is 33.8 Å². The number of aliphatic hydroxyl groups excluding tert-OH is 2. The minimum Gasteiger partial charge on any atom is -0.444 e. The molecule has 3 fully saturated rings. The molecular formula is C44H60BrCl2N11O8. The van der Waals surface area contributed by atoms with Gasteiger partial charge in [-0.05, 0) is 104 Å². The number of aliphatic hydroxyl groups is 2. The molecule has 4 aromatic rings. The number of nitrogens with one attached hydrogen (secondary N) is 2. The van der Waals surface area contributed by atoms with Gasteiger partial charge in [-0.15, -0.1) is 12.4 Å². The molecule has 3 aliphatic heterocycles. The Balaban J connectivity index is 0.000000225. The molecule has 1 aliphatic carbocycles. The molecule has 66 heavy (non-hydrogen) atoms. The van der Waals surface area contributed by atoms with E-state index in [9.17, 15) is 24.3 Å². The molecule has 0 bridgehead atoms. The van der Waals surface area contributed by atoms with Gasteiger partial charge in [-0.3, -0.25) is 19.6 Å². The quantitative estimate of drug-likeness (QED) is 0.0821. The number of carbonyl (C=O) groups excluding carboxylic acids is 4. The number of rotatable bonds is 11. The Morgan fingerprint density at radius 3 is 2.32 bits per heavy atom. The standard InChI is InChI=1S/C26H30BrClN6O2.C11H16N2O5.C7H13N3O.ClH/c27-19-12-18-3-2-17-13-20(28)4-5-21(17)25(24(18)32-14-19)34-11-7-29-22(15-34)26(36)31-6-1-9-33-10-8-30-23(33)16-35;1-11(2,3)18-9(15)12-4-5-13-7(6-12)8(14)17-10(13)16;8-2-1-4-10-5-3-9-7(10)6-11;/h4-5,8,10,12-14,22,25,29,35H,1-3,6-7,9,11,15-16H2,(H,31,36);7H,4-6H2,1-3H3;3,5,11H,1-2,4,6,8H2;1H/t22-,25?;7-;;/m11../s1. The van der Waals surface area contributed by atoms with E-state index in [1.165, 1.54) is 26.5 Å². The summed E-state index contributed by atoms with van der Waals surface area (Å²) in [5.74, 6) is 0.741. The van der Waals surface area contributed by atoms with E-state index in [-0.39, 0.29) is 56.7 Å². The second kappa shape index (κ2) is 24.4. The van der Waals surface area contributed by atoms with Gasteiger partial charge in [0.25, 0.3) is 0 Å². The first kappa shape index (κ1) is 52.3. The van der Waals surface area contributed by atoms with Gasteiger partial charge in [-0.1, -0.05) is 17.7 Å². The van der Waals surface area contributed by atoms with Crippen molar-refractivity contribution >= 4 is 64.0 Å². The van der Waals surface area contributed by atoms with E-state index in [0.29, 0.717) is 44.4 Å². The number of nitrogens with two attached hydrogens (primary N) is 1. The van der Waals surface area contributed by atoms with Crippen molar-refractivity contribution < 1.29 is 38.9 Å². The Morgan fingerprint density at radius 2 is 1.65 bits per heavy atom. The number of carbonyl (C=O) groups is 4. The van der Waals surface area contributed by atoms with Crippen molar-refractivity contribution in [3.05, 3.63) is 98.8 Å². The highest BCUT2D eigenvalue weighted by atomic mass is 79.9. The number of benzene rings is 1. The molecule has 3 aromatic heterocycles. The lowest BCUT2D eigenvalue weighted by Gasteiger charge is -2.39. The first-order valence-electron chi connectivity index (χ1n) is 21.8. The van der Waals surface area contributed by atoms with Crippen LogP contribution in [0, 0.1) is 0 Å². The van der Waals surface area contributed by atoms with Gasteiger partial charge in [0.05, 0.1) is 24.3 Å². The number of amides is 3. The molecule has 19 nitrogen and oxygen atoms in total. The van der Waals surface area contributed by atoms with Gasteiger partial charge in [0, 0.05) is 92.8 Å². The van der Waals surface area contributed by atoms with E-state index in [0.717, 1.165) is 60.5 Å². The molecule has 3 atom stereocenters. The van der Waals surface area contributed by atoms with Crippen molar-refractivity contribution in [1.29, 1.82) is 0 Å². The molecule has 3 saturated heterocycles. The maximum Gasteiger partial charge on any atom is 0.418 e. The summed E-state index contributed by atoms with van der Waals surface area (Å²) in [5.41, 5.74) is 9.49. The van der Waals surface area contributed by atoms with Crippen molar-refractivity contribution in [3.63, 3.8) is 0 Å². The van der Waals surface area contributed by atoms with Crippen molar-refractivity contribution in [2.24, 2.45) is 5.73 Å². The SMILES string of the molecule is CC(C)(C)OC(=O)N1CCN2C(=O)OC(=O)[C@H]2C1.Cl.NCCCn1ccnc1CO.O=C(NCCCn1ccnc1CO)[C@H]1CN(C2c3ccc(Cl)cc3CCc3cc(Br)cnc32)CCN1. The number of hydrogen-bond donors (Lipinski definition) is 5. The number of cyclic esters (lactones) is 2. The lowest BCUT2D eigenvalue weighted by atomic mass is 9.95. The Bertz CT molecular complexity index is 2220. The van der Waals surface area contributed by atoms with Gasteiger partial charge in [0.2, 0.25) is 5.91 Å². The minimum atomic E-state index is -0.696. The van der Waals surface area contributed by atoms with Crippen LogP contribution >= 0.6 is 39.9 Å². The fourth-order valence-electron chi connectivity index (χ4n) is 8.11. The molecule has 8 rings (SSSR count). The molecule has 6 N–H and O–H groups in total. The average Bonchev–Trinajstić information content (AvgIpc) is 4.00. The van der Waals surface area contributed by atoms with Gasteiger partial charge in [0.1, 0.15) is 30.5 Å². The summed E-state index contributed by atoms with van der Waals surface area (Å²) < 4.78 is 14.5. The molecule has 6 heterocycles. The Labute approximate surface area is 403 Å². The van der Waals surface area contributed by atoms with E-state index >= 15 is 0 Å². The van der Waals surface area contributed by atoms with Gasteiger partial charge < -0.3 is 50.1 Å². The van der Waals surface area contributed by atoms with Crippen LogP contribution in [0.15, 0.2) is 59.7 Å². The molecule has 3 amide bonds. The topological polar surface area (TPSA) is 236 Å². The van der Waals surface area contributed by atoms with Gasteiger partial charge >= 0.3 is 18.2 Å². The highest BCUT2D eigenvalue weighted by Gasteiger charge is 2.46. The number of esters is 1. The Morgan fingerprint density at radius 1 is 0.970 bits per heavy atom. The second-order valence-electron chi connectivity index (χ2n) is 16.9. The summed E-state index contributed by atoms with van der Waals surface area (Å²) in [6.07, 6.45) is 11.3. The number of pyridine rings is 1. The van der Waals surface area contributed by atoms with Gasteiger partial charge in [0.15, 0.2) is 6.04 Å². The molecule has 0 spiro atoms. The summed E-state index contributed by atoms with van der Waals surface area (Å²) in [6, 6.07) is 7.27. The summed E-state index contributed by atoms with van der Waals surface area (Å²) in [4.78, 5) is 65.6. The number of imidazole rings is 2. The third kappa shape index (κ3) is 13.7. The maximum absolute atomic E-state index is 13.1. The molecule has 1 aromatic carbocycles. The molecule has 1 unspecified atom stereocenters. The first-order valence-corrected chi connectivity index (χ1v) is 23.0. The third-order valence-corrected chi connectivity index (χ3v) is 11.9. The van der Waals surface area contributed by atoms with Crippen molar-refractivity contribution in [3.8, 4) is 0 Å². The molecular weight excluding hydrogens is 961 g/mol. The number of aryl methyl sites for hydroxylation is 4. The smallest absolute Gasteiger partial charge is 0.418 e. The normalized spacial score (nSPS) is 19.1. The van der Waals surface area contributed by atoms with Crippen LogP contribution in [0.4, 0.5) is 9.59 Å². The predicted molar refractivity (Wildman–Crippen MR) is 251 cm³/mol. The number of hydrogen-bond acceptors (Lipinski definition) is 14. The zero-order chi connectivity index (χ0) is 46.7. The maximum atomic E-state index is 13.1. The summed E-state index contributed by atoms with van der Waals surface area (Å²) in [7, 11) is 0. The largest absolute Gasteiger partial charge is 0.444 e. The monoisotopic (exact) mass is 1020 g/mol. The van der Waals surface area contributed by atoms with Crippen LogP contribution in [0.5, 0.6) is 0 Å². The Kier molecular flexibility index (Phi) is 19.3. The van der Waals surface area contributed by atoms with Crippen LogP contribution in [0.2, 0.25) is 5.02 Å². The van der Waals surface area contributed by atoms with Crippen molar-refractivity contribution in [1.82, 2.24) is 49.4 Å². The zero-order valence-electron chi connectivity index (χ0n) is 37.4. The highest BCUT2D eigenvalue weighted by Crippen LogP contribution is 2.38. The lowest BCUT2D eigenvalue weighted by Crippen LogP contribution is -2.58. The lowest BCUT2D eigenvalue weighted by molar-refractivity contribution is -0.136. The first-order chi connectivity index (χ1) is 31.2. The summed E-state index contributed by atoms with van der Waals surface area (Å²) >= 11 is 9.94. The van der Waals surface area contributed by atoms with Crippen LogP contribution in [0.25, 0.3) is 0 Å². The van der Waals surface area contributed by atoms with E-state index in [1.54, 1.807) is 33.2 Å². The van der Waals surface area contributed by atoms with Crippen LogP contribution < -0.4 is 16.4 Å². The molecule has 0 radical (unpaired) electrons. The van der Waals surface area contributed by atoms with E-state index in [2.05, 4.69) is 64.4 Å². The summed E-state index contributed by atoms with van der Waals surface area (Å²) in [6.45, 7) is 10.9. The number of aromatic nitrogens is 5. The molecule has 360 valence electrons. The fourth-order valence-corrected chi connectivity index (χ4v) is 8.68. The molecule has 0 saturated carbocycles.